The van der Waals surface area contributed by atoms with Gasteiger partial charge in [0.25, 0.3) is 0 Å². The first-order valence-corrected chi connectivity index (χ1v) is 8.25. The van der Waals surface area contributed by atoms with Crippen molar-refractivity contribution >= 4 is 23.5 Å². The van der Waals surface area contributed by atoms with E-state index < -0.39 is 11.9 Å². The average Bonchev–Trinajstić information content (AvgIpc) is 3.24. The highest BCUT2D eigenvalue weighted by Crippen LogP contribution is 2.26. The largest absolute Gasteiger partial charge is 0.465 e. The molecule has 0 atom stereocenters. The maximum absolute atomic E-state index is 12.5. The second-order valence-corrected chi connectivity index (χ2v) is 5.92. The Bertz CT molecular complexity index is 853. The van der Waals surface area contributed by atoms with Gasteiger partial charge in [-0.3, -0.25) is 4.79 Å². The topological polar surface area (TPSA) is 86.0 Å². The predicted molar refractivity (Wildman–Crippen MR) is 91.9 cm³/mol. The summed E-state index contributed by atoms with van der Waals surface area (Å²) in [6.45, 7) is 2.09. The lowest BCUT2D eigenvalue weighted by Crippen LogP contribution is -2.26. The van der Waals surface area contributed by atoms with Crippen molar-refractivity contribution in [3.05, 3.63) is 53.0 Å². The lowest BCUT2D eigenvalue weighted by atomic mass is 10.1. The van der Waals surface area contributed by atoms with E-state index in [1.165, 1.54) is 13.2 Å². The van der Waals surface area contributed by atoms with Crippen LogP contribution in [0.2, 0.25) is 0 Å². The van der Waals surface area contributed by atoms with Gasteiger partial charge in [-0.15, -0.1) is 0 Å². The van der Waals surface area contributed by atoms with Gasteiger partial charge in [-0.05, 0) is 31.5 Å². The Morgan fingerprint density at radius 2 is 1.96 bits per heavy atom. The molecule has 1 aliphatic heterocycles. The standard InChI is InChI=1S/C19H19NO6/c1-12-15(18(22)24-2)10-13(26-12)11-25-19(23)14-6-3-4-7-16(14)20-9-5-8-17(20)21/h3-4,6-7,10H,5,8-9,11H2,1-2H3. The molecule has 2 aromatic rings. The minimum Gasteiger partial charge on any atom is -0.465 e. The highest BCUT2D eigenvalue weighted by atomic mass is 16.5. The van der Waals surface area contributed by atoms with Crippen LogP contribution in [0.1, 0.15) is 45.1 Å². The molecule has 2 heterocycles. The minimum atomic E-state index is -0.561. The van der Waals surface area contributed by atoms with Crippen molar-refractivity contribution in [2.45, 2.75) is 26.4 Å². The van der Waals surface area contributed by atoms with Gasteiger partial charge in [0, 0.05) is 13.0 Å². The third kappa shape index (κ3) is 3.46. The molecule has 0 radical (unpaired) electrons. The zero-order valence-electron chi connectivity index (χ0n) is 14.6. The summed E-state index contributed by atoms with van der Waals surface area (Å²) >= 11 is 0. The summed E-state index contributed by atoms with van der Waals surface area (Å²) < 4.78 is 15.4. The number of benzene rings is 1. The molecule has 1 amide bonds. The van der Waals surface area contributed by atoms with Gasteiger partial charge in [0.15, 0.2) is 0 Å². The van der Waals surface area contributed by atoms with Crippen LogP contribution in [-0.4, -0.2) is 31.5 Å². The van der Waals surface area contributed by atoms with Crippen LogP contribution in [0.4, 0.5) is 5.69 Å². The summed E-state index contributed by atoms with van der Waals surface area (Å²) in [4.78, 5) is 37.7. The van der Waals surface area contributed by atoms with E-state index in [9.17, 15) is 14.4 Å². The summed E-state index contributed by atoms with van der Waals surface area (Å²) in [5.74, 6) is -0.345. The van der Waals surface area contributed by atoms with E-state index in [4.69, 9.17) is 9.15 Å². The number of furan rings is 1. The Labute approximate surface area is 150 Å². The molecular formula is C19H19NO6. The monoisotopic (exact) mass is 357 g/mol. The molecule has 0 saturated carbocycles. The maximum atomic E-state index is 12.5. The van der Waals surface area contributed by atoms with Gasteiger partial charge < -0.3 is 18.8 Å². The predicted octanol–water partition coefficient (Wildman–Crippen LogP) is 2.86. The molecule has 1 saturated heterocycles. The van der Waals surface area contributed by atoms with Gasteiger partial charge in [-0.25, -0.2) is 9.59 Å². The highest BCUT2D eigenvalue weighted by molar-refractivity contribution is 6.03. The summed E-state index contributed by atoms with van der Waals surface area (Å²) in [6.07, 6.45) is 1.25. The van der Waals surface area contributed by atoms with E-state index in [1.807, 2.05) is 0 Å². The Balaban J connectivity index is 1.73. The van der Waals surface area contributed by atoms with Crippen LogP contribution < -0.4 is 4.90 Å². The van der Waals surface area contributed by atoms with Crippen LogP contribution in [0.3, 0.4) is 0 Å². The maximum Gasteiger partial charge on any atom is 0.341 e. The second kappa shape index (κ2) is 7.43. The number of para-hydroxylation sites is 1. The number of ether oxygens (including phenoxy) is 2. The number of nitrogens with zero attached hydrogens (tertiary/aromatic N) is 1. The van der Waals surface area contributed by atoms with Crippen LogP contribution in [0.15, 0.2) is 34.7 Å². The molecule has 26 heavy (non-hydrogen) atoms. The zero-order chi connectivity index (χ0) is 18.7. The number of anilines is 1. The smallest absolute Gasteiger partial charge is 0.341 e. The third-order valence-electron chi connectivity index (χ3n) is 4.21. The fraction of sp³-hybridized carbons (Fsp3) is 0.316. The van der Waals surface area contributed by atoms with E-state index in [0.717, 1.165) is 6.42 Å². The van der Waals surface area contributed by atoms with Gasteiger partial charge in [-0.2, -0.15) is 0 Å². The summed E-state index contributed by atoms with van der Waals surface area (Å²) in [5.41, 5.74) is 1.16. The van der Waals surface area contributed by atoms with Crippen molar-refractivity contribution in [1.29, 1.82) is 0 Å². The van der Waals surface area contributed by atoms with E-state index in [2.05, 4.69) is 4.74 Å². The van der Waals surface area contributed by atoms with Crippen molar-refractivity contribution < 1.29 is 28.3 Å². The molecule has 0 aliphatic carbocycles. The number of rotatable bonds is 5. The third-order valence-corrected chi connectivity index (χ3v) is 4.21. The number of aryl methyl sites for hydroxylation is 1. The molecule has 0 unspecified atom stereocenters. The van der Waals surface area contributed by atoms with Crippen molar-refractivity contribution in [3.63, 3.8) is 0 Å². The zero-order valence-corrected chi connectivity index (χ0v) is 14.6. The van der Waals surface area contributed by atoms with Crippen molar-refractivity contribution in [2.75, 3.05) is 18.6 Å². The Kier molecular flexibility index (Phi) is 5.06. The number of methoxy groups -OCH3 is 1. The molecule has 3 rings (SSSR count). The molecule has 7 nitrogen and oxygen atoms in total. The lowest BCUT2D eigenvalue weighted by Gasteiger charge is -2.18. The van der Waals surface area contributed by atoms with Crippen LogP contribution in [-0.2, 0) is 20.9 Å². The summed E-state index contributed by atoms with van der Waals surface area (Å²) in [7, 11) is 1.28. The molecule has 0 spiro atoms. The SMILES string of the molecule is COC(=O)c1cc(COC(=O)c2ccccc2N2CCCC2=O)oc1C. The van der Waals surface area contributed by atoms with Gasteiger partial charge in [0.1, 0.15) is 23.7 Å². The molecule has 0 bridgehead atoms. The van der Waals surface area contributed by atoms with Gasteiger partial charge >= 0.3 is 11.9 Å². The quantitative estimate of drug-likeness (QED) is 0.765. The number of esters is 2. The molecule has 0 N–H and O–H groups in total. The summed E-state index contributed by atoms with van der Waals surface area (Å²) in [5, 5.41) is 0. The van der Waals surface area contributed by atoms with E-state index in [-0.39, 0.29) is 12.5 Å². The fourth-order valence-corrected chi connectivity index (χ4v) is 2.93. The molecule has 1 aromatic heterocycles. The lowest BCUT2D eigenvalue weighted by molar-refractivity contribution is -0.117. The Morgan fingerprint density at radius 3 is 2.65 bits per heavy atom. The number of hydrogen-bond donors (Lipinski definition) is 0. The number of amides is 1. The molecule has 7 heteroatoms. The van der Waals surface area contributed by atoms with E-state index >= 15 is 0 Å². The second-order valence-electron chi connectivity index (χ2n) is 5.92. The Hall–Kier alpha value is -3.09. The first kappa shape index (κ1) is 17.7. The van der Waals surface area contributed by atoms with Crippen LogP contribution in [0.5, 0.6) is 0 Å². The number of hydrogen-bond acceptors (Lipinski definition) is 6. The molecule has 136 valence electrons. The fourth-order valence-electron chi connectivity index (χ4n) is 2.93. The number of carbonyl (C=O) groups excluding carboxylic acids is 3. The normalized spacial score (nSPS) is 13.8. The van der Waals surface area contributed by atoms with Gasteiger partial charge in [0.05, 0.1) is 18.4 Å². The molecule has 1 aliphatic rings. The van der Waals surface area contributed by atoms with E-state index in [0.29, 0.717) is 41.3 Å². The minimum absolute atomic E-state index is 0.00497. The average molecular weight is 357 g/mol. The first-order valence-electron chi connectivity index (χ1n) is 8.25. The van der Waals surface area contributed by atoms with Crippen LogP contribution in [0, 0.1) is 6.92 Å². The molecule has 1 fully saturated rings. The molecular weight excluding hydrogens is 338 g/mol. The van der Waals surface area contributed by atoms with Crippen LogP contribution in [0.25, 0.3) is 0 Å². The molecule has 1 aromatic carbocycles. The highest BCUT2D eigenvalue weighted by Gasteiger charge is 2.26. The first-order chi connectivity index (χ1) is 12.5. The van der Waals surface area contributed by atoms with Crippen molar-refractivity contribution in [3.8, 4) is 0 Å². The van der Waals surface area contributed by atoms with Gasteiger partial charge in [-0.1, -0.05) is 12.1 Å². The van der Waals surface area contributed by atoms with Crippen LogP contribution >= 0.6 is 0 Å². The van der Waals surface area contributed by atoms with Crippen molar-refractivity contribution in [2.24, 2.45) is 0 Å². The van der Waals surface area contributed by atoms with E-state index in [1.54, 1.807) is 36.1 Å². The number of carbonyl (C=O) groups is 3. The summed E-state index contributed by atoms with van der Waals surface area (Å²) in [6, 6.07) is 8.33. The Morgan fingerprint density at radius 1 is 1.19 bits per heavy atom. The van der Waals surface area contributed by atoms with Crippen molar-refractivity contribution in [1.82, 2.24) is 0 Å². The van der Waals surface area contributed by atoms with Gasteiger partial charge in [0.2, 0.25) is 5.91 Å².